The van der Waals surface area contributed by atoms with Gasteiger partial charge >= 0.3 is 5.97 Å². The molecule has 0 aromatic carbocycles. The molecule has 0 unspecified atom stereocenters. The van der Waals surface area contributed by atoms with E-state index in [9.17, 15) is 14.4 Å². The van der Waals surface area contributed by atoms with Crippen LogP contribution in [0.5, 0.6) is 0 Å². The predicted octanol–water partition coefficient (Wildman–Crippen LogP) is 1.94. The van der Waals surface area contributed by atoms with Crippen LogP contribution in [0.2, 0.25) is 5.15 Å². The number of nitrogens with zero attached hydrogens (tertiary/aromatic N) is 3. The summed E-state index contributed by atoms with van der Waals surface area (Å²) in [6.45, 7) is 1.39. The number of piperazine rings is 1. The Morgan fingerprint density at radius 1 is 1.12 bits per heavy atom. The highest BCUT2D eigenvalue weighted by Gasteiger charge is 2.25. The normalized spacial score (nSPS) is 14.2. The maximum atomic E-state index is 12.3. The SMILES string of the molecule is O=C(OCC(=O)N1CCN(C(=O)c2cccs2)CC1)c1ccc(Cl)nc1. The third-order valence-electron chi connectivity index (χ3n) is 3.94. The van der Waals surface area contributed by atoms with E-state index in [-0.39, 0.29) is 29.1 Å². The van der Waals surface area contributed by atoms with Crippen molar-refractivity contribution in [2.45, 2.75) is 0 Å². The van der Waals surface area contributed by atoms with Crippen molar-refractivity contribution in [3.8, 4) is 0 Å². The monoisotopic (exact) mass is 393 g/mol. The molecule has 0 spiro atoms. The largest absolute Gasteiger partial charge is 0.452 e. The maximum Gasteiger partial charge on any atom is 0.340 e. The quantitative estimate of drug-likeness (QED) is 0.585. The van der Waals surface area contributed by atoms with Crippen LogP contribution in [-0.2, 0) is 9.53 Å². The Morgan fingerprint density at radius 3 is 2.46 bits per heavy atom. The third-order valence-corrected chi connectivity index (χ3v) is 5.02. The number of ether oxygens (including phenoxy) is 1. The molecule has 0 aliphatic carbocycles. The molecule has 2 amide bonds. The van der Waals surface area contributed by atoms with Gasteiger partial charge in [0.15, 0.2) is 6.61 Å². The second-order valence-electron chi connectivity index (χ2n) is 5.60. The Kier molecular flexibility index (Phi) is 5.85. The number of hydrogen-bond acceptors (Lipinski definition) is 6. The van der Waals surface area contributed by atoms with E-state index in [4.69, 9.17) is 16.3 Å². The van der Waals surface area contributed by atoms with Gasteiger partial charge in [-0.3, -0.25) is 9.59 Å². The van der Waals surface area contributed by atoms with E-state index in [1.807, 2.05) is 11.4 Å². The molecule has 2 aromatic heterocycles. The maximum absolute atomic E-state index is 12.3. The smallest absolute Gasteiger partial charge is 0.340 e. The molecule has 0 N–H and O–H groups in total. The van der Waals surface area contributed by atoms with Gasteiger partial charge in [0, 0.05) is 32.4 Å². The minimum absolute atomic E-state index is 0.0197. The molecule has 26 heavy (non-hydrogen) atoms. The summed E-state index contributed by atoms with van der Waals surface area (Å²) in [6, 6.07) is 6.58. The molecule has 0 radical (unpaired) electrons. The lowest BCUT2D eigenvalue weighted by atomic mass is 10.3. The van der Waals surface area contributed by atoms with E-state index in [1.54, 1.807) is 15.9 Å². The minimum atomic E-state index is -0.631. The van der Waals surface area contributed by atoms with E-state index in [2.05, 4.69) is 4.98 Å². The topological polar surface area (TPSA) is 79.8 Å². The number of thiophene rings is 1. The first-order chi connectivity index (χ1) is 12.5. The van der Waals surface area contributed by atoms with E-state index in [0.717, 1.165) is 0 Å². The molecule has 0 atom stereocenters. The lowest BCUT2D eigenvalue weighted by Gasteiger charge is -2.34. The fourth-order valence-corrected chi connectivity index (χ4v) is 3.32. The van der Waals surface area contributed by atoms with E-state index in [1.165, 1.54) is 29.7 Å². The summed E-state index contributed by atoms with van der Waals surface area (Å²) >= 11 is 7.06. The molecule has 9 heteroatoms. The fraction of sp³-hybridized carbons (Fsp3) is 0.294. The number of aromatic nitrogens is 1. The minimum Gasteiger partial charge on any atom is -0.452 e. The zero-order valence-electron chi connectivity index (χ0n) is 13.8. The summed E-state index contributed by atoms with van der Waals surface area (Å²) in [7, 11) is 0. The van der Waals surface area contributed by atoms with E-state index >= 15 is 0 Å². The van der Waals surface area contributed by atoms with E-state index < -0.39 is 5.97 Å². The van der Waals surface area contributed by atoms with Crippen LogP contribution in [0.15, 0.2) is 35.8 Å². The van der Waals surface area contributed by atoms with Crippen LogP contribution in [0.25, 0.3) is 0 Å². The first-order valence-electron chi connectivity index (χ1n) is 7.94. The number of carbonyl (C=O) groups is 3. The average molecular weight is 394 g/mol. The zero-order valence-corrected chi connectivity index (χ0v) is 15.3. The molecule has 7 nitrogen and oxygen atoms in total. The van der Waals surface area contributed by atoms with Crippen molar-refractivity contribution in [2.75, 3.05) is 32.8 Å². The molecule has 2 aromatic rings. The van der Waals surface area contributed by atoms with Gasteiger partial charge < -0.3 is 14.5 Å². The molecule has 0 saturated carbocycles. The molecule has 136 valence electrons. The summed E-state index contributed by atoms with van der Waals surface area (Å²) in [5.41, 5.74) is 0.230. The average Bonchev–Trinajstić information content (AvgIpc) is 3.20. The number of carbonyl (C=O) groups excluding carboxylic acids is 3. The second-order valence-corrected chi connectivity index (χ2v) is 6.93. The summed E-state index contributed by atoms with van der Waals surface area (Å²) in [4.78, 5) is 44.2. The molecular formula is C17H16ClN3O4S. The van der Waals surface area contributed by atoms with Gasteiger partial charge in [0.05, 0.1) is 10.4 Å². The van der Waals surface area contributed by atoms with Crippen molar-refractivity contribution in [1.29, 1.82) is 0 Å². The van der Waals surface area contributed by atoms with Crippen LogP contribution in [0.3, 0.4) is 0 Å². The van der Waals surface area contributed by atoms with Gasteiger partial charge in [0.2, 0.25) is 0 Å². The molecule has 1 fully saturated rings. The van der Waals surface area contributed by atoms with Crippen molar-refractivity contribution in [1.82, 2.24) is 14.8 Å². The Bertz CT molecular complexity index is 787. The molecule has 1 aliphatic rings. The molecular weight excluding hydrogens is 378 g/mol. The van der Waals surface area contributed by atoms with Crippen LogP contribution in [0, 0.1) is 0 Å². The number of pyridine rings is 1. The van der Waals surface area contributed by atoms with Crippen molar-refractivity contribution in [3.63, 3.8) is 0 Å². The van der Waals surface area contributed by atoms with Crippen LogP contribution in [0.4, 0.5) is 0 Å². The number of hydrogen-bond donors (Lipinski definition) is 0. The summed E-state index contributed by atoms with van der Waals surface area (Å²) in [6.07, 6.45) is 1.30. The molecule has 0 bridgehead atoms. The third kappa shape index (κ3) is 4.39. The number of halogens is 1. The van der Waals surface area contributed by atoms with Crippen LogP contribution in [0.1, 0.15) is 20.0 Å². The molecule has 1 saturated heterocycles. The van der Waals surface area contributed by atoms with Crippen LogP contribution < -0.4 is 0 Å². The van der Waals surface area contributed by atoms with Crippen LogP contribution >= 0.6 is 22.9 Å². The zero-order chi connectivity index (χ0) is 18.5. The van der Waals surface area contributed by atoms with Crippen molar-refractivity contribution in [2.24, 2.45) is 0 Å². The van der Waals surface area contributed by atoms with Crippen LogP contribution in [-0.4, -0.2) is 65.4 Å². The standard InChI is InChI=1S/C17H16ClN3O4S/c18-14-4-3-12(10-19-14)17(24)25-11-15(22)20-5-7-21(8-6-20)16(23)13-2-1-9-26-13/h1-4,9-10H,5-8,11H2. The summed E-state index contributed by atoms with van der Waals surface area (Å²) in [5.74, 6) is -0.939. The van der Waals surface area contributed by atoms with Crippen molar-refractivity contribution < 1.29 is 19.1 Å². The van der Waals surface area contributed by atoms with Gasteiger partial charge in [-0.05, 0) is 23.6 Å². The first kappa shape index (κ1) is 18.3. The molecule has 3 rings (SSSR count). The van der Waals surface area contributed by atoms with Gasteiger partial charge in [-0.25, -0.2) is 9.78 Å². The Hall–Kier alpha value is -2.45. The van der Waals surface area contributed by atoms with Crippen molar-refractivity contribution in [3.05, 3.63) is 51.4 Å². The van der Waals surface area contributed by atoms with Gasteiger partial charge in [0.25, 0.3) is 11.8 Å². The fourth-order valence-electron chi connectivity index (χ4n) is 2.51. The van der Waals surface area contributed by atoms with Gasteiger partial charge in [0.1, 0.15) is 5.15 Å². The predicted molar refractivity (Wildman–Crippen MR) is 96.3 cm³/mol. The Balaban J connectivity index is 1.45. The molecule has 3 heterocycles. The van der Waals surface area contributed by atoms with Gasteiger partial charge in [-0.2, -0.15) is 0 Å². The highest BCUT2D eigenvalue weighted by Crippen LogP contribution is 2.14. The second kappa shape index (κ2) is 8.29. The lowest BCUT2D eigenvalue weighted by Crippen LogP contribution is -2.51. The highest BCUT2D eigenvalue weighted by atomic mass is 35.5. The first-order valence-corrected chi connectivity index (χ1v) is 9.19. The number of rotatable bonds is 4. The highest BCUT2D eigenvalue weighted by molar-refractivity contribution is 7.12. The molecule has 1 aliphatic heterocycles. The Morgan fingerprint density at radius 2 is 1.85 bits per heavy atom. The van der Waals surface area contributed by atoms with E-state index in [0.29, 0.717) is 31.1 Å². The Labute approximate surface area is 159 Å². The van der Waals surface area contributed by atoms with Crippen molar-refractivity contribution >= 4 is 40.7 Å². The van der Waals surface area contributed by atoms with Gasteiger partial charge in [-0.1, -0.05) is 17.7 Å². The summed E-state index contributed by atoms with van der Waals surface area (Å²) in [5, 5.41) is 2.13. The van der Waals surface area contributed by atoms with Gasteiger partial charge in [-0.15, -0.1) is 11.3 Å². The summed E-state index contributed by atoms with van der Waals surface area (Å²) < 4.78 is 5.02. The number of esters is 1. The lowest BCUT2D eigenvalue weighted by molar-refractivity contribution is -0.136. The number of amides is 2.